The second-order valence-corrected chi connectivity index (χ2v) is 3.56. The lowest BCUT2D eigenvalue weighted by Crippen LogP contribution is -2.08. The first-order chi connectivity index (χ1) is 8.25. The van der Waals surface area contributed by atoms with Gasteiger partial charge in [-0.15, -0.1) is 0 Å². The number of methoxy groups -OCH3 is 1. The van der Waals surface area contributed by atoms with Crippen LogP contribution in [0.15, 0.2) is 6.33 Å². The summed E-state index contributed by atoms with van der Waals surface area (Å²) in [4.78, 5) is 7.61. The predicted octanol–water partition coefficient (Wildman–Crippen LogP) is 1.14. The maximum absolute atomic E-state index is 5.85. The molecule has 6 nitrogen and oxygen atoms in total. The summed E-state index contributed by atoms with van der Waals surface area (Å²) < 4.78 is 15.5. The molecule has 7 heteroatoms. The number of nitrogen functional groups attached to an aromatic ring is 1. The highest BCUT2D eigenvalue weighted by molar-refractivity contribution is 6.33. The van der Waals surface area contributed by atoms with Gasteiger partial charge in [0.25, 0.3) is 0 Å². The third-order valence-electron chi connectivity index (χ3n) is 1.89. The van der Waals surface area contributed by atoms with E-state index in [1.165, 1.54) is 6.33 Å². The number of rotatable bonds is 8. The van der Waals surface area contributed by atoms with Crippen LogP contribution in [0.1, 0.15) is 6.42 Å². The fourth-order valence-corrected chi connectivity index (χ4v) is 1.19. The normalized spacial score (nSPS) is 10.5. The van der Waals surface area contributed by atoms with Crippen molar-refractivity contribution >= 4 is 17.4 Å². The van der Waals surface area contributed by atoms with Gasteiger partial charge in [-0.05, 0) is 0 Å². The van der Waals surface area contributed by atoms with E-state index in [0.29, 0.717) is 32.3 Å². The fourth-order valence-electron chi connectivity index (χ4n) is 1.04. The Morgan fingerprint density at radius 3 is 2.82 bits per heavy atom. The second kappa shape index (κ2) is 8.05. The molecule has 17 heavy (non-hydrogen) atoms. The summed E-state index contributed by atoms with van der Waals surface area (Å²) in [5.74, 6) is 0.518. The highest BCUT2D eigenvalue weighted by Gasteiger charge is 2.06. The molecule has 0 saturated carbocycles. The molecule has 0 unspecified atom stereocenters. The Labute approximate surface area is 105 Å². The van der Waals surface area contributed by atoms with Gasteiger partial charge >= 0.3 is 0 Å². The van der Waals surface area contributed by atoms with Crippen LogP contribution in [0.5, 0.6) is 5.88 Å². The maximum atomic E-state index is 5.85. The number of nitrogens with zero attached hydrogens (tertiary/aromatic N) is 2. The summed E-state index contributed by atoms with van der Waals surface area (Å²) in [5, 5.41) is 0.243. The number of ether oxygens (including phenoxy) is 3. The van der Waals surface area contributed by atoms with Crippen LogP contribution in [0.25, 0.3) is 0 Å². The van der Waals surface area contributed by atoms with Crippen LogP contribution in [0.3, 0.4) is 0 Å². The number of hydrogen-bond donors (Lipinski definition) is 1. The topological polar surface area (TPSA) is 79.5 Å². The quantitative estimate of drug-likeness (QED) is 0.707. The monoisotopic (exact) mass is 261 g/mol. The molecule has 0 saturated heterocycles. The summed E-state index contributed by atoms with van der Waals surface area (Å²) in [6.07, 6.45) is 2.05. The molecule has 1 aromatic rings. The van der Waals surface area contributed by atoms with Gasteiger partial charge in [0.2, 0.25) is 5.88 Å². The summed E-state index contributed by atoms with van der Waals surface area (Å²) in [6.45, 7) is 2.23. The van der Waals surface area contributed by atoms with Gasteiger partial charge in [0.05, 0.1) is 19.8 Å². The Bertz CT molecular complexity index is 339. The molecule has 96 valence electrons. The first-order valence-corrected chi connectivity index (χ1v) is 5.59. The average molecular weight is 262 g/mol. The minimum absolute atomic E-state index is 0.216. The van der Waals surface area contributed by atoms with Crippen molar-refractivity contribution in [2.75, 3.05) is 39.3 Å². The van der Waals surface area contributed by atoms with Crippen LogP contribution in [0.2, 0.25) is 5.02 Å². The van der Waals surface area contributed by atoms with Gasteiger partial charge in [-0.1, -0.05) is 11.6 Å². The Balaban J connectivity index is 2.16. The number of aromatic nitrogens is 2. The minimum Gasteiger partial charge on any atom is -0.476 e. The first kappa shape index (κ1) is 14.0. The summed E-state index contributed by atoms with van der Waals surface area (Å²) in [6, 6.07) is 0. The van der Waals surface area contributed by atoms with Crippen LogP contribution in [-0.4, -0.2) is 43.5 Å². The Kier molecular flexibility index (Phi) is 6.61. The van der Waals surface area contributed by atoms with E-state index in [-0.39, 0.29) is 10.8 Å². The Hall–Kier alpha value is -1.11. The van der Waals surface area contributed by atoms with E-state index < -0.39 is 0 Å². The smallest absolute Gasteiger partial charge is 0.237 e. The molecule has 0 bridgehead atoms. The van der Waals surface area contributed by atoms with E-state index in [1.54, 1.807) is 7.11 Å². The molecule has 0 aromatic carbocycles. The van der Waals surface area contributed by atoms with E-state index in [1.807, 2.05) is 0 Å². The molecule has 0 amide bonds. The highest BCUT2D eigenvalue weighted by atomic mass is 35.5. The van der Waals surface area contributed by atoms with Gasteiger partial charge < -0.3 is 19.9 Å². The zero-order valence-electron chi connectivity index (χ0n) is 9.69. The van der Waals surface area contributed by atoms with E-state index in [0.717, 1.165) is 6.42 Å². The minimum atomic E-state index is 0.216. The van der Waals surface area contributed by atoms with E-state index in [4.69, 9.17) is 31.5 Å². The molecule has 0 aliphatic rings. The molecule has 0 fully saturated rings. The number of nitrogens with two attached hydrogens (primary N) is 1. The van der Waals surface area contributed by atoms with Crippen molar-refractivity contribution in [3.8, 4) is 5.88 Å². The van der Waals surface area contributed by atoms with Gasteiger partial charge in [0, 0.05) is 20.1 Å². The Morgan fingerprint density at radius 2 is 2.06 bits per heavy atom. The molecule has 2 N–H and O–H groups in total. The maximum Gasteiger partial charge on any atom is 0.237 e. The van der Waals surface area contributed by atoms with Crippen LogP contribution in [0, 0.1) is 0 Å². The van der Waals surface area contributed by atoms with E-state index in [9.17, 15) is 0 Å². The second-order valence-electron chi connectivity index (χ2n) is 3.19. The number of halogens is 1. The van der Waals surface area contributed by atoms with Crippen molar-refractivity contribution in [1.82, 2.24) is 9.97 Å². The van der Waals surface area contributed by atoms with Crippen molar-refractivity contribution in [3.05, 3.63) is 11.3 Å². The third-order valence-corrected chi connectivity index (χ3v) is 2.24. The first-order valence-electron chi connectivity index (χ1n) is 5.21. The van der Waals surface area contributed by atoms with E-state index in [2.05, 4.69) is 9.97 Å². The number of hydrogen-bond acceptors (Lipinski definition) is 6. The predicted molar refractivity (Wildman–Crippen MR) is 64.3 cm³/mol. The zero-order chi connectivity index (χ0) is 12.5. The largest absolute Gasteiger partial charge is 0.476 e. The molecule has 1 rings (SSSR count). The number of anilines is 1. The Morgan fingerprint density at radius 1 is 1.24 bits per heavy atom. The van der Waals surface area contributed by atoms with Gasteiger partial charge in [0.1, 0.15) is 17.2 Å². The van der Waals surface area contributed by atoms with Crippen molar-refractivity contribution in [1.29, 1.82) is 0 Å². The van der Waals surface area contributed by atoms with Crippen molar-refractivity contribution in [2.24, 2.45) is 0 Å². The van der Waals surface area contributed by atoms with Gasteiger partial charge in [-0.25, -0.2) is 9.97 Å². The highest BCUT2D eigenvalue weighted by Crippen LogP contribution is 2.25. The summed E-state index contributed by atoms with van der Waals surface area (Å²) in [5.41, 5.74) is 5.50. The van der Waals surface area contributed by atoms with Gasteiger partial charge in [-0.2, -0.15) is 0 Å². The van der Waals surface area contributed by atoms with E-state index >= 15 is 0 Å². The van der Waals surface area contributed by atoms with Crippen LogP contribution in [-0.2, 0) is 9.47 Å². The summed E-state index contributed by atoms with van der Waals surface area (Å²) in [7, 11) is 1.63. The zero-order valence-corrected chi connectivity index (χ0v) is 10.4. The standard InChI is InChI=1S/C10H16ClN3O3/c1-15-5-6-16-3-2-4-17-10-8(11)9(12)13-7-14-10/h7H,2-6H2,1H3,(H2,12,13,14). The lowest BCUT2D eigenvalue weighted by Gasteiger charge is -2.07. The average Bonchev–Trinajstić information content (AvgIpc) is 2.33. The SMILES string of the molecule is COCCOCCCOc1ncnc(N)c1Cl. The molecule has 1 heterocycles. The van der Waals surface area contributed by atoms with Gasteiger partial charge in [-0.3, -0.25) is 0 Å². The lowest BCUT2D eigenvalue weighted by atomic mass is 10.5. The van der Waals surface area contributed by atoms with Gasteiger partial charge in [0.15, 0.2) is 0 Å². The fraction of sp³-hybridized carbons (Fsp3) is 0.600. The molecule has 0 atom stereocenters. The molecular weight excluding hydrogens is 246 g/mol. The lowest BCUT2D eigenvalue weighted by molar-refractivity contribution is 0.0642. The molecule has 0 aliphatic carbocycles. The van der Waals surface area contributed by atoms with Crippen LogP contribution in [0.4, 0.5) is 5.82 Å². The molecule has 0 spiro atoms. The molecule has 0 aliphatic heterocycles. The molecule has 0 radical (unpaired) electrons. The van der Waals surface area contributed by atoms with Crippen molar-refractivity contribution in [2.45, 2.75) is 6.42 Å². The van der Waals surface area contributed by atoms with Crippen molar-refractivity contribution < 1.29 is 14.2 Å². The van der Waals surface area contributed by atoms with Crippen LogP contribution < -0.4 is 10.5 Å². The van der Waals surface area contributed by atoms with Crippen LogP contribution >= 0.6 is 11.6 Å². The molecule has 1 aromatic heterocycles. The molecular formula is C10H16ClN3O3. The summed E-state index contributed by atoms with van der Waals surface area (Å²) >= 11 is 5.85. The van der Waals surface area contributed by atoms with Crippen molar-refractivity contribution in [3.63, 3.8) is 0 Å². The third kappa shape index (κ3) is 5.16.